The first-order chi connectivity index (χ1) is 7.74. The van der Waals surface area contributed by atoms with Gasteiger partial charge in [-0.25, -0.2) is 4.79 Å². The van der Waals surface area contributed by atoms with Gasteiger partial charge in [0.25, 0.3) is 0 Å². The summed E-state index contributed by atoms with van der Waals surface area (Å²) in [7, 11) is 0. The van der Waals surface area contributed by atoms with E-state index in [1.165, 1.54) is 6.42 Å². The summed E-state index contributed by atoms with van der Waals surface area (Å²) in [5.41, 5.74) is 0. The second-order valence-corrected chi connectivity index (χ2v) is 4.31. The third-order valence-electron chi connectivity index (χ3n) is 2.65. The van der Waals surface area contributed by atoms with Crippen molar-refractivity contribution in [3.8, 4) is 0 Å². The first-order valence-electron chi connectivity index (χ1n) is 6.27. The molecule has 0 bridgehead atoms. The Morgan fingerprint density at radius 1 is 1.62 bits per heavy atom. The standard InChI is InChI=1S/C12H23NO3/c1-3-4-7-13-9-10(2)16-12(14)11-6-5-8-15-11/h10-11,13H,3-9H2,1-2H3. The molecule has 0 radical (unpaired) electrons. The fourth-order valence-corrected chi connectivity index (χ4v) is 1.69. The van der Waals surface area contributed by atoms with E-state index in [1.807, 2.05) is 6.92 Å². The first-order valence-corrected chi connectivity index (χ1v) is 6.27. The molecule has 4 nitrogen and oxygen atoms in total. The SMILES string of the molecule is CCCCNCC(C)OC(=O)C1CCCO1. The minimum absolute atomic E-state index is 0.0754. The Labute approximate surface area is 97.7 Å². The van der Waals surface area contributed by atoms with Gasteiger partial charge in [-0.1, -0.05) is 13.3 Å². The van der Waals surface area contributed by atoms with E-state index in [9.17, 15) is 4.79 Å². The van der Waals surface area contributed by atoms with Crippen molar-refractivity contribution in [2.75, 3.05) is 19.7 Å². The van der Waals surface area contributed by atoms with Gasteiger partial charge in [-0.3, -0.25) is 0 Å². The molecule has 1 heterocycles. The molecule has 1 N–H and O–H groups in total. The molecular formula is C12H23NO3. The molecular weight excluding hydrogens is 206 g/mol. The summed E-state index contributed by atoms with van der Waals surface area (Å²) in [6.45, 7) is 6.45. The van der Waals surface area contributed by atoms with Crippen LogP contribution in [-0.4, -0.2) is 37.9 Å². The maximum absolute atomic E-state index is 11.6. The lowest BCUT2D eigenvalue weighted by Gasteiger charge is -2.16. The lowest BCUT2D eigenvalue weighted by atomic mass is 10.2. The molecule has 2 unspecified atom stereocenters. The Balaban J connectivity index is 2.08. The van der Waals surface area contributed by atoms with Crippen molar-refractivity contribution in [3.05, 3.63) is 0 Å². The molecule has 0 saturated carbocycles. The molecule has 0 aliphatic carbocycles. The van der Waals surface area contributed by atoms with Crippen LogP contribution in [0, 0.1) is 0 Å². The van der Waals surface area contributed by atoms with Gasteiger partial charge in [0.2, 0.25) is 0 Å². The van der Waals surface area contributed by atoms with Crippen LogP contribution in [-0.2, 0) is 14.3 Å². The predicted octanol–water partition coefficient (Wildman–Crippen LogP) is 1.49. The highest BCUT2D eigenvalue weighted by atomic mass is 16.6. The van der Waals surface area contributed by atoms with E-state index in [4.69, 9.17) is 9.47 Å². The van der Waals surface area contributed by atoms with Gasteiger partial charge >= 0.3 is 5.97 Å². The summed E-state index contributed by atoms with van der Waals surface area (Å²) >= 11 is 0. The maximum atomic E-state index is 11.6. The lowest BCUT2D eigenvalue weighted by molar-refractivity contribution is -0.158. The molecule has 0 spiro atoms. The van der Waals surface area contributed by atoms with Crippen LogP contribution in [0.3, 0.4) is 0 Å². The van der Waals surface area contributed by atoms with E-state index in [-0.39, 0.29) is 18.2 Å². The van der Waals surface area contributed by atoms with Crippen LogP contribution in [0.5, 0.6) is 0 Å². The van der Waals surface area contributed by atoms with Crippen LogP contribution in [0.1, 0.15) is 39.5 Å². The van der Waals surface area contributed by atoms with Crippen LogP contribution in [0.15, 0.2) is 0 Å². The number of hydrogen-bond donors (Lipinski definition) is 1. The molecule has 0 aromatic rings. The lowest BCUT2D eigenvalue weighted by Crippen LogP contribution is -2.33. The second-order valence-electron chi connectivity index (χ2n) is 4.31. The molecule has 4 heteroatoms. The molecule has 1 aliphatic heterocycles. The summed E-state index contributed by atoms with van der Waals surface area (Å²) in [5, 5.41) is 3.26. The molecule has 94 valence electrons. The van der Waals surface area contributed by atoms with Crippen LogP contribution in [0.2, 0.25) is 0 Å². The molecule has 0 aromatic carbocycles. The van der Waals surface area contributed by atoms with Crippen molar-refractivity contribution < 1.29 is 14.3 Å². The summed E-state index contributed by atoms with van der Waals surface area (Å²) in [5.74, 6) is -0.206. The summed E-state index contributed by atoms with van der Waals surface area (Å²) in [6, 6.07) is 0. The average molecular weight is 229 g/mol. The van der Waals surface area contributed by atoms with Crippen LogP contribution < -0.4 is 5.32 Å². The van der Waals surface area contributed by atoms with E-state index in [0.29, 0.717) is 6.61 Å². The first kappa shape index (κ1) is 13.5. The fraction of sp³-hybridized carbons (Fsp3) is 0.917. The van der Waals surface area contributed by atoms with Gasteiger partial charge in [-0.2, -0.15) is 0 Å². The molecule has 0 amide bonds. The van der Waals surface area contributed by atoms with Gasteiger partial charge in [-0.05, 0) is 32.7 Å². The zero-order chi connectivity index (χ0) is 11.8. The number of carbonyl (C=O) groups is 1. The number of nitrogens with one attached hydrogen (secondary N) is 1. The van der Waals surface area contributed by atoms with Gasteiger partial charge in [-0.15, -0.1) is 0 Å². The van der Waals surface area contributed by atoms with Gasteiger partial charge in [0, 0.05) is 13.2 Å². The third-order valence-corrected chi connectivity index (χ3v) is 2.65. The molecule has 1 fully saturated rings. The smallest absolute Gasteiger partial charge is 0.335 e. The normalized spacial score (nSPS) is 22.0. The second kappa shape index (κ2) is 7.63. The highest BCUT2D eigenvalue weighted by Gasteiger charge is 2.26. The van der Waals surface area contributed by atoms with Gasteiger partial charge in [0.1, 0.15) is 6.10 Å². The minimum Gasteiger partial charge on any atom is -0.459 e. The number of ether oxygens (including phenoxy) is 2. The topological polar surface area (TPSA) is 47.6 Å². The van der Waals surface area contributed by atoms with E-state index >= 15 is 0 Å². The highest BCUT2D eigenvalue weighted by Crippen LogP contribution is 2.13. The quantitative estimate of drug-likeness (QED) is 0.531. The molecule has 16 heavy (non-hydrogen) atoms. The number of esters is 1. The summed E-state index contributed by atoms with van der Waals surface area (Å²) in [4.78, 5) is 11.6. The molecule has 1 saturated heterocycles. The Morgan fingerprint density at radius 2 is 2.44 bits per heavy atom. The van der Waals surface area contributed by atoms with Crippen molar-refractivity contribution >= 4 is 5.97 Å². The van der Waals surface area contributed by atoms with Crippen molar-refractivity contribution in [2.45, 2.75) is 51.7 Å². The van der Waals surface area contributed by atoms with Crippen molar-refractivity contribution in [1.29, 1.82) is 0 Å². The van der Waals surface area contributed by atoms with Crippen LogP contribution in [0.25, 0.3) is 0 Å². The number of carbonyl (C=O) groups excluding carboxylic acids is 1. The summed E-state index contributed by atoms with van der Waals surface area (Å²) < 4.78 is 10.6. The predicted molar refractivity (Wildman–Crippen MR) is 62.3 cm³/mol. The van der Waals surface area contributed by atoms with Gasteiger partial charge in [0.05, 0.1) is 0 Å². The summed E-state index contributed by atoms with van der Waals surface area (Å²) in [6.07, 6.45) is 3.70. The Kier molecular flexibility index (Phi) is 6.42. The van der Waals surface area contributed by atoms with E-state index in [0.717, 1.165) is 32.4 Å². The number of hydrogen-bond acceptors (Lipinski definition) is 4. The minimum atomic E-state index is -0.321. The molecule has 2 atom stereocenters. The Bertz CT molecular complexity index is 202. The fourth-order valence-electron chi connectivity index (χ4n) is 1.69. The maximum Gasteiger partial charge on any atom is 0.335 e. The van der Waals surface area contributed by atoms with Gasteiger partial charge < -0.3 is 14.8 Å². The zero-order valence-electron chi connectivity index (χ0n) is 10.3. The average Bonchev–Trinajstić information content (AvgIpc) is 2.77. The van der Waals surface area contributed by atoms with Crippen LogP contribution >= 0.6 is 0 Å². The van der Waals surface area contributed by atoms with Crippen LogP contribution in [0.4, 0.5) is 0 Å². The van der Waals surface area contributed by atoms with E-state index in [2.05, 4.69) is 12.2 Å². The Hall–Kier alpha value is -0.610. The third kappa shape index (κ3) is 4.94. The highest BCUT2D eigenvalue weighted by molar-refractivity contribution is 5.75. The van der Waals surface area contributed by atoms with Gasteiger partial charge in [0.15, 0.2) is 6.10 Å². The van der Waals surface area contributed by atoms with E-state index < -0.39 is 0 Å². The van der Waals surface area contributed by atoms with Crippen molar-refractivity contribution in [2.24, 2.45) is 0 Å². The molecule has 0 aromatic heterocycles. The molecule has 1 aliphatic rings. The number of unbranched alkanes of at least 4 members (excludes halogenated alkanes) is 1. The number of rotatable bonds is 7. The monoisotopic (exact) mass is 229 g/mol. The Morgan fingerprint density at radius 3 is 3.06 bits per heavy atom. The van der Waals surface area contributed by atoms with Crippen molar-refractivity contribution in [3.63, 3.8) is 0 Å². The zero-order valence-corrected chi connectivity index (χ0v) is 10.3. The van der Waals surface area contributed by atoms with Crippen molar-refractivity contribution in [1.82, 2.24) is 5.32 Å². The largest absolute Gasteiger partial charge is 0.459 e. The molecule has 1 rings (SSSR count). The van der Waals surface area contributed by atoms with E-state index in [1.54, 1.807) is 0 Å².